The van der Waals surface area contributed by atoms with Crippen LogP contribution in [-0.2, 0) is 4.79 Å². The Bertz CT molecular complexity index is 197. The van der Waals surface area contributed by atoms with Gasteiger partial charge in [-0.05, 0) is 24.2 Å². The third-order valence-corrected chi connectivity index (χ3v) is 3.29. The van der Waals surface area contributed by atoms with Crippen molar-refractivity contribution in [1.82, 2.24) is 5.32 Å². The summed E-state index contributed by atoms with van der Waals surface area (Å²) in [5, 5.41) is 11.4. The van der Waals surface area contributed by atoms with E-state index in [0.29, 0.717) is 0 Å². The topological polar surface area (TPSA) is 49.3 Å². The van der Waals surface area contributed by atoms with Gasteiger partial charge >= 0.3 is 0 Å². The smallest absolute Gasteiger partial charge is 0.222 e. The summed E-state index contributed by atoms with van der Waals surface area (Å²) in [5.74, 6) is 0.719. The SMILES string of the molecule is CC(C)(CNC(=O)CCO)C1CCC1. The first kappa shape index (κ1) is 11.5. The van der Waals surface area contributed by atoms with Gasteiger partial charge in [0.05, 0.1) is 6.61 Å². The number of aliphatic hydroxyl groups is 1. The van der Waals surface area contributed by atoms with Crippen molar-refractivity contribution < 1.29 is 9.90 Å². The number of carbonyl (C=O) groups is 1. The fraction of sp³-hybridized carbons (Fsp3) is 0.909. The molecular formula is C11H21NO2. The lowest BCUT2D eigenvalue weighted by molar-refractivity contribution is -0.122. The van der Waals surface area contributed by atoms with Crippen molar-refractivity contribution in [3.05, 3.63) is 0 Å². The van der Waals surface area contributed by atoms with Gasteiger partial charge in [0.2, 0.25) is 5.91 Å². The maximum Gasteiger partial charge on any atom is 0.222 e. The second kappa shape index (κ2) is 4.78. The number of nitrogens with one attached hydrogen (secondary N) is 1. The van der Waals surface area contributed by atoms with Gasteiger partial charge in [-0.2, -0.15) is 0 Å². The van der Waals surface area contributed by atoms with E-state index in [-0.39, 0.29) is 24.3 Å². The highest BCUT2D eigenvalue weighted by atomic mass is 16.3. The molecule has 0 heterocycles. The van der Waals surface area contributed by atoms with Crippen molar-refractivity contribution >= 4 is 5.91 Å². The normalized spacial score (nSPS) is 17.6. The third kappa shape index (κ3) is 2.98. The molecule has 2 N–H and O–H groups in total. The third-order valence-electron chi connectivity index (χ3n) is 3.29. The lowest BCUT2D eigenvalue weighted by atomic mass is 9.67. The highest BCUT2D eigenvalue weighted by Crippen LogP contribution is 2.41. The van der Waals surface area contributed by atoms with Gasteiger partial charge in [-0.25, -0.2) is 0 Å². The van der Waals surface area contributed by atoms with E-state index in [1.165, 1.54) is 19.3 Å². The molecule has 3 nitrogen and oxygen atoms in total. The van der Waals surface area contributed by atoms with E-state index in [4.69, 9.17) is 5.11 Å². The Morgan fingerprint density at radius 2 is 2.14 bits per heavy atom. The summed E-state index contributed by atoms with van der Waals surface area (Å²) in [7, 11) is 0. The van der Waals surface area contributed by atoms with Gasteiger partial charge in [-0.3, -0.25) is 4.79 Å². The van der Waals surface area contributed by atoms with Crippen LogP contribution in [0.4, 0.5) is 0 Å². The van der Waals surface area contributed by atoms with Crippen molar-refractivity contribution in [2.24, 2.45) is 11.3 Å². The van der Waals surface area contributed by atoms with E-state index >= 15 is 0 Å². The molecule has 0 bridgehead atoms. The molecule has 1 rings (SSSR count). The summed E-state index contributed by atoms with van der Waals surface area (Å²) in [6.45, 7) is 5.08. The van der Waals surface area contributed by atoms with E-state index in [1.54, 1.807) is 0 Å². The Balaban J connectivity index is 2.24. The molecule has 0 aromatic heterocycles. The van der Waals surface area contributed by atoms with Crippen LogP contribution in [0.2, 0.25) is 0 Å². The summed E-state index contributed by atoms with van der Waals surface area (Å²) in [5.41, 5.74) is 0.212. The zero-order valence-corrected chi connectivity index (χ0v) is 9.18. The lowest BCUT2D eigenvalue weighted by Crippen LogP contribution is -2.41. The molecule has 0 unspecified atom stereocenters. The Kier molecular flexibility index (Phi) is 3.93. The van der Waals surface area contributed by atoms with Crippen LogP contribution in [-0.4, -0.2) is 24.2 Å². The number of amides is 1. The number of aliphatic hydroxyl groups excluding tert-OH is 1. The number of carbonyl (C=O) groups excluding carboxylic acids is 1. The minimum Gasteiger partial charge on any atom is -0.396 e. The first-order chi connectivity index (χ1) is 6.56. The average molecular weight is 199 g/mol. The molecule has 0 aliphatic heterocycles. The van der Waals surface area contributed by atoms with Gasteiger partial charge in [-0.1, -0.05) is 20.3 Å². The van der Waals surface area contributed by atoms with Crippen molar-refractivity contribution in [1.29, 1.82) is 0 Å². The molecule has 14 heavy (non-hydrogen) atoms. The molecule has 0 radical (unpaired) electrons. The molecule has 82 valence electrons. The van der Waals surface area contributed by atoms with E-state index in [1.807, 2.05) is 0 Å². The molecule has 0 aromatic carbocycles. The molecule has 1 fully saturated rings. The molecular weight excluding hydrogens is 178 g/mol. The summed E-state index contributed by atoms with van der Waals surface area (Å²) in [6, 6.07) is 0. The maximum absolute atomic E-state index is 11.1. The molecule has 0 atom stereocenters. The van der Waals surface area contributed by atoms with Crippen LogP contribution in [0.1, 0.15) is 39.5 Å². The quantitative estimate of drug-likeness (QED) is 0.701. The Morgan fingerprint density at radius 3 is 2.57 bits per heavy atom. The molecule has 0 aromatic rings. The van der Waals surface area contributed by atoms with Gasteiger partial charge in [0.1, 0.15) is 0 Å². The van der Waals surface area contributed by atoms with Crippen LogP contribution in [0, 0.1) is 11.3 Å². The average Bonchev–Trinajstić information content (AvgIpc) is 1.97. The first-order valence-electron chi connectivity index (χ1n) is 5.44. The Morgan fingerprint density at radius 1 is 1.50 bits per heavy atom. The monoisotopic (exact) mass is 199 g/mol. The number of rotatable bonds is 5. The van der Waals surface area contributed by atoms with Crippen LogP contribution in [0.5, 0.6) is 0 Å². The largest absolute Gasteiger partial charge is 0.396 e. The summed E-state index contributed by atoms with van der Waals surface area (Å²) < 4.78 is 0. The van der Waals surface area contributed by atoms with Crippen molar-refractivity contribution in [3.63, 3.8) is 0 Å². The second-order valence-electron chi connectivity index (χ2n) is 4.87. The second-order valence-corrected chi connectivity index (χ2v) is 4.87. The maximum atomic E-state index is 11.1. The number of hydrogen-bond acceptors (Lipinski definition) is 2. The van der Waals surface area contributed by atoms with E-state index in [0.717, 1.165) is 12.5 Å². The van der Waals surface area contributed by atoms with Crippen molar-refractivity contribution in [2.75, 3.05) is 13.2 Å². The molecule has 1 aliphatic rings. The van der Waals surface area contributed by atoms with Crippen LogP contribution >= 0.6 is 0 Å². The summed E-state index contributed by atoms with van der Waals surface area (Å²) in [6.07, 6.45) is 4.14. The van der Waals surface area contributed by atoms with Gasteiger partial charge in [-0.15, -0.1) is 0 Å². The van der Waals surface area contributed by atoms with Crippen LogP contribution in [0.3, 0.4) is 0 Å². The number of hydrogen-bond donors (Lipinski definition) is 2. The molecule has 1 amide bonds. The lowest BCUT2D eigenvalue weighted by Gasteiger charge is -2.40. The Labute approximate surface area is 85.9 Å². The standard InChI is InChI=1S/C11H21NO2/c1-11(2,9-4-3-5-9)8-12-10(14)6-7-13/h9,13H,3-8H2,1-2H3,(H,12,14). The zero-order chi connectivity index (χ0) is 10.6. The minimum atomic E-state index is -0.0598. The van der Waals surface area contributed by atoms with Crippen molar-refractivity contribution in [2.45, 2.75) is 39.5 Å². The van der Waals surface area contributed by atoms with Gasteiger partial charge < -0.3 is 10.4 Å². The summed E-state index contributed by atoms with van der Waals surface area (Å²) in [4.78, 5) is 11.1. The van der Waals surface area contributed by atoms with E-state index in [2.05, 4.69) is 19.2 Å². The van der Waals surface area contributed by atoms with Crippen molar-refractivity contribution in [3.8, 4) is 0 Å². The highest BCUT2D eigenvalue weighted by molar-refractivity contribution is 5.75. The van der Waals surface area contributed by atoms with Crippen LogP contribution in [0.25, 0.3) is 0 Å². The fourth-order valence-corrected chi connectivity index (χ4v) is 1.85. The summed E-state index contributed by atoms with van der Waals surface area (Å²) >= 11 is 0. The fourth-order valence-electron chi connectivity index (χ4n) is 1.85. The van der Waals surface area contributed by atoms with Gasteiger partial charge in [0.15, 0.2) is 0 Å². The predicted molar refractivity (Wildman–Crippen MR) is 55.8 cm³/mol. The predicted octanol–water partition coefficient (Wildman–Crippen LogP) is 1.31. The van der Waals surface area contributed by atoms with Gasteiger partial charge in [0, 0.05) is 13.0 Å². The molecule has 1 saturated carbocycles. The van der Waals surface area contributed by atoms with E-state index in [9.17, 15) is 4.79 Å². The molecule has 1 aliphatic carbocycles. The van der Waals surface area contributed by atoms with Gasteiger partial charge in [0.25, 0.3) is 0 Å². The molecule has 3 heteroatoms. The minimum absolute atomic E-state index is 0.0418. The highest BCUT2D eigenvalue weighted by Gasteiger charge is 2.33. The van der Waals surface area contributed by atoms with Crippen LogP contribution in [0.15, 0.2) is 0 Å². The Hall–Kier alpha value is -0.570. The first-order valence-corrected chi connectivity index (χ1v) is 5.44. The zero-order valence-electron chi connectivity index (χ0n) is 9.18. The van der Waals surface area contributed by atoms with E-state index < -0.39 is 0 Å². The van der Waals surface area contributed by atoms with Crippen LogP contribution < -0.4 is 5.32 Å². The molecule has 0 saturated heterocycles. The molecule has 0 spiro atoms.